The van der Waals surface area contributed by atoms with E-state index in [1.54, 1.807) is 11.3 Å². The van der Waals surface area contributed by atoms with E-state index in [-0.39, 0.29) is 18.2 Å². The van der Waals surface area contributed by atoms with Crippen molar-refractivity contribution in [3.05, 3.63) is 61.7 Å². The summed E-state index contributed by atoms with van der Waals surface area (Å²) in [6.07, 6.45) is 2.50. The van der Waals surface area contributed by atoms with Crippen LogP contribution in [-0.4, -0.2) is 23.3 Å². The van der Waals surface area contributed by atoms with Crippen LogP contribution >= 0.6 is 38.6 Å². The Labute approximate surface area is 179 Å². The standard InChI is InChI=1S/C20H18BrN3O2S2/c21-14-5-6-17-13(9-14)3-1-7-24(17)19(26)10-15-12-28-20(22-15)23-18(25)11-16-4-2-8-27-16/h2,4-6,8-9,12H,1,3,7,10-11H2,(H,22,23,25). The summed E-state index contributed by atoms with van der Waals surface area (Å²) in [5, 5.41) is 7.14. The lowest BCUT2D eigenvalue weighted by molar-refractivity contribution is -0.118. The maximum absolute atomic E-state index is 12.9. The molecule has 1 aliphatic rings. The SMILES string of the molecule is O=C(Cc1cccs1)Nc1nc(CC(=O)N2CCCc3cc(Br)ccc32)cs1. The number of hydrogen-bond donors (Lipinski definition) is 1. The van der Waals surface area contributed by atoms with E-state index in [0.29, 0.717) is 17.2 Å². The first-order chi connectivity index (χ1) is 13.6. The zero-order valence-electron chi connectivity index (χ0n) is 15.0. The minimum absolute atomic E-state index is 0.0324. The maximum atomic E-state index is 12.9. The first-order valence-electron chi connectivity index (χ1n) is 8.94. The van der Waals surface area contributed by atoms with Crippen molar-refractivity contribution in [3.63, 3.8) is 0 Å². The van der Waals surface area contributed by atoms with Crippen molar-refractivity contribution in [1.29, 1.82) is 0 Å². The third-order valence-corrected chi connectivity index (χ3v) is 6.68. The summed E-state index contributed by atoms with van der Waals surface area (Å²) in [5.74, 6) is -0.0600. The van der Waals surface area contributed by atoms with Gasteiger partial charge in [0.2, 0.25) is 11.8 Å². The molecule has 5 nitrogen and oxygen atoms in total. The van der Waals surface area contributed by atoms with Gasteiger partial charge in [-0.3, -0.25) is 9.59 Å². The number of nitrogens with one attached hydrogen (secondary N) is 1. The van der Waals surface area contributed by atoms with Gasteiger partial charge in [-0.05, 0) is 48.1 Å². The number of aryl methyl sites for hydroxylation is 1. The lowest BCUT2D eigenvalue weighted by Crippen LogP contribution is -2.36. The topological polar surface area (TPSA) is 62.3 Å². The van der Waals surface area contributed by atoms with Gasteiger partial charge in [-0.15, -0.1) is 22.7 Å². The molecule has 0 aliphatic carbocycles. The zero-order chi connectivity index (χ0) is 19.5. The molecule has 0 radical (unpaired) electrons. The summed E-state index contributed by atoms with van der Waals surface area (Å²) in [4.78, 5) is 32.2. The quantitative estimate of drug-likeness (QED) is 0.582. The van der Waals surface area contributed by atoms with E-state index < -0.39 is 0 Å². The minimum atomic E-state index is -0.0924. The molecule has 2 aromatic heterocycles. The van der Waals surface area contributed by atoms with E-state index in [4.69, 9.17) is 0 Å². The van der Waals surface area contributed by atoms with E-state index in [1.807, 2.05) is 39.9 Å². The molecule has 0 fully saturated rings. The average molecular weight is 476 g/mol. The van der Waals surface area contributed by atoms with Gasteiger partial charge in [-0.1, -0.05) is 22.0 Å². The van der Waals surface area contributed by atoms with E-state index in [2.05, 4.69) is 32.3 Å². The second-order valence-electron chi connectivity index (χ2n) is 6.55. The van der Waals surface area contributed by atoms with Crippen LogP contribution in [0.4, 0.5) is 10.8 Å². The molecule has 8 heteroatoms. The van der Waals surface area contributed by atoms with Gasteiger partial charge in [0.05, 0.1) is 18.5 Å². The molecular weight excluding hydrogens is 458 g/mol. The highest BCUT2D eigenvalue weighted by Crippen LogP contribution is 2.30. The normalized spacial score (nSPS) is 13.2. The number of thiazole rings is 1. The number of carbonyl (C=O) groups is 2. The lowest BCUT2D eigenvalue weighted by Gasteiger charge is -2.29. The molecule has 2 amide bonds. The van der Waals surface area contributed by atoms with Crippen molar-refractivity contribution in [1.82, 2.24) is 4.98 Å². The molecule has 28 heavy (non-hydrogen) atoms. The summed E-state index contributed by atoms with van der Waals surface area (Å²) in [6.45, 7) is 0.724. The number of thiophene rings is 1. The molecule has 1 aliphatic heterocycles. The molecular formula is C20H18BrN3O2S2. The second-order valence-corrected chi connectivity index (χ2v) is 9.35. The first-order valence-corrected chi connectivity index (χ1v) is 11.5. The van der Waals surface area contributed by atoms with Crippen molar-refractivity contribution in [2.75, 3.05) is 16.8 Å². The fraction of sp³-hybridized carbons (Fsp3) is 0.250. The fourth-order valence-electron chi connectivity index (χ4n) is 3.26. The molecule has 0 unspecified atom stereocenters. The first kappa shape index (κ1) is 19.3. The Bertz CT molecular complexity index is 1000. The highest BCUT2D eigenvalue weighted by atomic mass is 79.9. The highest BCUT2D eigenvalue weighted by Gasteiger charge is 2.23. The highest BCUT2D eigenvalue weighted by molar-refractivity contribution is 9.10. The van der Waals surface area contributed by atoms with Gasteiger partial charge >= 0.3 is 0 Å². The largest absolute Gasteiger partial charge is 0.312 e. The van der Waals surface area contributed by atoms with Gasteiger partial charge in [-0.2, -0.15) is 0 Å². The van der Waals surface area contributed by atoms with Crippen molar-refractivity contribution in [2.24, 2.45) is 0 Å². The molecule has 4 rings (SSSR count). The van der Waals surface area contributed by atoms with Gasteiger partial charge < -0.3 is 10.2 Å². The smallest absolute Gasteiger partial charge is 0.233 e. The maximum Gasteiger partial charge on any atom is 0.233 e. The second kappa shape index (κ2) is 8.55. The van der Waals surface area contributed by atoms with Crippen LogP contribution in [0.1, 0.15) is 22.6 Å². The third kappa shape index (κ3) is 4.51. The Kier molecular flexibility index (Phi) is 5.89. The number of fused-ring (bicyclic) bond motifs is 1. The van der Waals surface area contributed by atoms with E-state index in [0.717, 1.165) is 34.4 Å². The number of amides is 2. The Morgan fingerprint density at radius 2 is 2.11 bits per heavy atom. The van der Waals surface area contributed by atoms with Gasteiger partial charge in [0, 0.05) is 27.0 Å². The number of carbonyl (C=O) groups excluding carboxylic acids is 2. The zero-order valence-corrected chi connectivity index (χ0v) is 18.2. The Balaban J connectivity index is 1.39. The average Bonchev–Trinajstić information content (AvgIpc) is 3.33. The van der Waals surface area contributed by atoms with Crippen LogP contribution in [0.3, 0.4) is 0 Å². The van der Waals surface area contributed by atoms with Gasteiger partial charge in [0.15, 0.2) is 5.13 Å². The van der Waals surface area contributed by atoms with E-state index in [1.165, 1.54) is 16.9 Å². The van der Waals surface area contributed by atoms with Crippen LogP contribution < -0.4 is 10.2 Å². The summed E-state index contributed by atoms with van der Waals surface area (Å²) < 4.78 is 1.03. The molecule has 3 heterocycles. The summed E-state index contributed by atoms with van der Waals surface area (Å²) in [5.41, 5.74) is 2.86. The molecule has 1 N–H and O–H groups in total. The molecule has 1 aromatic carbocycles. The van der Waals surface area contributed by atoms with Crippen molar-refractivity contribution in [2.45, 2.75) is 25.7 Å². The minimum Gasteiger partial charge on any atom is -0.312 e. The molecule has 144 valence electrons. The number of hydrogen-bond acceptors (Lipinski definition) is 5. The van der Waals surface area contributed by atoms with E-state index >= 15 is 0 Å². The fourth-order valence-corrected chi connectivity index (χ4v) is 5.09. The lowest BCUT2D eigenvalue weighted by atomic mass is 10.0. The number of anilines is 2. The molecule has 0 saturated carbocycles. The van der Waals surface area contributed by atoms with Gasteiger partial charge in [0.25, 0.3) is 0 Å². The number of halogens is 1. The molecule has 0 spiro atoms. The number of aromatic nitrogens is 1. The summed E-state index contributed by atoms with van der Waals surface area (Å²) in [6, 6.07) is 9.91. The van der Waals surface area contributed by atoms with Gasteiger partial charge in [0.1, 0.15) is 0 Å². The van der Waals surface area contributed by atoms with E-state index in [9.17, 15) is 9.59 Å². The predicted octanol–water partition coefficient (Wildman–Crippen LogP) is 4.67. The predicted molar refractivity (Wildman–Crippen MR) is 117 cm³/mol. The summed E-state index contributed by atoms with van der Waals surface area (Å²) >= 11 is 6.40. The summed E-state index contributed by atoms with van der Waals surface area (Å²) in [7, 11) is 0. The Morgan fingerprint density at radius 3 is 2.93 bits per heavy atom. The molecule has 0 atom stereocenters. The van der Waals surface area contributed by atoms with Crippen molar-refractivity contribution < 1.29 is 9.59 Å². The van der Waals surface area contributed by atoms with Crippen LogP contribution in [-0.2, 0) is 28.9 Å². The van der Waals surface area contributed by atoms with Crippen molar-refractivity contribution in [3.8, 4) is 0 Å². The van der Waals surface area contributed by atoms with Crippen LogP contribution in [0.5, 0.6) is 0 Å². The monoisotopic (exact) mass is 475 g/mol. The van der Waals surface area contributed by atoms with Crippen LogP contribution in [0.2, 0.25) is 0 Å². The molecule has 0 saturated heterocycles. The molecule has 0 bridgehead atoms. The van der Waals surface area contributed by atoms with Crippen molar-refractivity contribution >= 4 is 61.2 Å². The third-order valence-electron chi connectivity index (χ3n) is 4.51. The number of nitrogens with zero attached hydrogens (tertiary/aromatic N) is 2. The van der Waals surface area contributed by atoms with Crippen LogP contribution in [0, 0.1) is 0 Å². The number of benzene rings is 1. The van der Waals surface area contributed by atoms with Crippen LogP contribution in [0.25, 0.3) is 0 Å². The van der Waals surface area contributed by atoms with Gasteiger partial charge in [-0.25, -0.2) is 4.98 Å². The Hall–Kier alpha value is -2.03. The Morgan fingerprint density at radius 1 is 1.21 bits per heavy atom. The number of rotatable bonds is 5. The van der Waals surface area contributed by atoms with Crippen LogP contribution in [0.15, 0.2) is 45.6 Å². The molecule has 3 aromatic rings.